The Bertz CT molecular complexity index is 1140. The Labute approximate surface area is 260 Å². The zero-order valence-corrected chi connectivity index (χ0v) is 26.6. The SMILES string of the molecule is CSc1cnc(C(CC(=O)CC(SCC(NC(C)=O)C(=O)O)c2cnc(SC)cn2)SCC(NC(C)=O)C(=O)O)cn1. The second-order valence-corrected chi connectivity index (χ2v) is 12.9. The number of nitrogens with one attached hydrogen (secondary N) is 2. The van der Waals surface area contributed by atoms with E-state index in [1.807, 2.05) is 12.5 Å². The van der Waals surface area contributed by atoms with Gasteiger partial charge < -0.3 is 20.8 Å². The second-order valence-electron chi connectivity index (χ2n) is 8.74. The third-order valence-corrected chi connectivity index (χ3v) is 9.41. The van der Waals surface area contributed by atoms with E-state index in [4.69, 9.17) is 0 Å². The summed E-state index contributed by atoms with van der Waals surface area (Å²) in [6.45, 7) is 2.45. The van der Waals surface area contributed by atoms with Crippen molar-refractivity contribution in [1.29, 1.82) is 0 Å². The average Bonchev–Trinajstić information content (AvgIpc) is 2.95. The predicted molar refractivity (Wildman–Crippen MR) is 163 cm³/mol. The molecule has 4 unspecified atom stereocenters. The molecule has 2 aromatic heterocycles. The van der Waals surface area contributed by atoms with E-state index >= 15 is 0 Å². The number of hydrogen-bond donors (Lipinski definition) is 4. The van der Waals surface area contributed by atoms with Gasteiger partial charge in [0, 0.05) is 38.2 Å². The summed E-state index contributed by atoms with van der Waals surface area (Å²) in [4.78, 5) is 77.3. The van der Waals surface area contributed by atoms with E-state index in [2.05, 4.69) is 30.6 Å². The van der Waals surface area contributed by atoms with E-state index in [0.717, 1.165) is 23.5 Å². The summed E-state index contributed by atoms with van der Waals surface area (Å²) in [5.41, 5.74) is 0.950. The Morgan fingerprint density at radius 1 is 0.690 bits per heavy atom. The third kappa shape index (κ3) is 12.1. The van der Waals surface area contributed by atoms with Gasteiger partial charge in [0.05, 0.1) is 46.7 Å². The van der Waals surface area contributed by atoms with Gasteiger partial charge in [0.2, 0.25) is 11.8 Å². The maximum absolute atomic E-state index is 13.5. The van der Waals surface area contributed by atoms with Crippen LogP contribution in [0, 0.1) is 0 Å². The van der Waals surface area contributed by atoms with Crippen LogP contribution in [0.4, 0.5) is 0 Å². The molecule has 228 valence electrons. The lowest BCUT2D eigenvalue weighted by Crippen LogP contribution is -2.41. The fourth-order valence-electron chi connectivity index (χ4n) is 3.46. The fourth-order valence-corrected chi connectivity index (χ4v) is 6.58. The van der Waals surface area contributed by atoms with Gasteiger partial charge in [0.15, 0.2) is 0 Å². The number of ketones is 1. The minimum Gasteiger partial charge on any atom is -0.480 e. The molecule has 2 aromatic rings. The van der Waals surface area contributed by atoms with Gasteiger partial charge in [-0.1, -0.05) is 0 Å². The van der Waals surface area contributed by atoms with Crippen LogP contribution in [0.2, 0.25) is 0 Å². The molecule has 4 atom stereocenters. The van der Waals surface area contributed by atoms with Crippen LogP contribution in [0.5, 0.6) is 0 Å². The van der Waals surface area contributed by atoms with E-state index < -0.39 is 46.3 Å². The molecule has 0 spiro atoms. The van der Waals surface area contributed by atoms with Gasteiger partial charge in [0.25, 0.3) is 0 Å². The van der Waals surface area contributed by atoms with Crippen molar-refractivity contribution in [3.8, 4) is 0 Å². The lowest BCUT2D eigenvalue weighted by Gasteiger charge is -2.21. The number of nitrogens with zero attached hydrogens (tertiary/aromatic N) is 4. The van der Waals surface area contributed by atoms with Gasteiger partial charge >= 0.3 is 11.9 Å². The van der Waals surface area contributed by atoms with Crippen LogP contribution < -0.4 is 10.6 Å². The predicted octanol–water partition coefficient (Wildman–Crippen LogP) is 2.49. The molecule has 2 rings (SSSR count). The topological polar surface area (TPSA) is 201 Å². The molecule has 0 aliphatic rings. The number of Topliss-reactive ketones (excluding diaryl/α,β-unsaturated/α-hetero) is 1. The molecule has 2 amide bonds. The number of carbonyl (C=O) groups excluding carboxylic acids is 3. The zero-order valence-electron chi connectivity index (χ0n) is 23.3. The van der Waals surface area contributed by atoms with Crippen LogP contribution >= 0.6 is 47.0 Å². The molecule has 0 bridgehead atoms. The van der Waals surface area contributed by atoms with Crippen LogP contribution in [-0.2, 0) is 24.0 Å². The Kier molecular flexibility index (Phi) is 15.1. The highest BCUT2D eigenvalue weighted by Gasteiger charge is 2.28. The minimum absolute atomic E-state index is 0.0182. The minimum atomic E-state index is -1.21. The maximum atomic E-state index is 13.5. The molecule has 0 aromatic carbocycles. The first kappa shape index (κ1) is 35.3. The monoisotopic (exact) mass is 656 g/mol. The van der Waals surface area contributed by atoms with Gasteiger partial charge in [-0.15, -0.1) is 47.0 Å². The Morgan fingerprint density at radius 3 is 1.33 bits per heavy atom. The number of aromatic nitrogens is 4. The standard InChI is InChI=1S/C25H32N6O7S4/c1-13(32)30-18(24(35)36)11-41-20(16-7-28-22(39-3)9-26-16)5-15(34)6-21(17-8-29-23(40-4)10-27-17)42-12-19(25(37)38)31-14(2)33/h7-10,18-21H,5-6,11-12H2,1-4H3,(H,30,32)(H,31,33)(H,35,36)(H,37,38). The smallest absolute Gasteiger partial charge is 0.327 e. The fraction of sp³-hybridized carbons (Fsp3) is 0.480. The first-order valence-electron chi connectivity index (χ1n) is 12.4. The molecule has 4 N–H and O–H groups in total. The molecular weight excluding hydrogens is 625 g/mol. The molecule has 42 heavy (non-hydrogen) atoms. The van der Waals surface area contributed by atoms with Gasteiger partial charge in [-0.3, -0.25) is 24.4 Å². The number of rotatable bonds is 18. The number of hydrogen-bond acceptors (Lipinski definition) is 13. The summed E-state index contributed by atoms with van der Waals surface area (Å²) < 4.78 is 0. The number of aliphatic carboxylic acids is 2. The summed E-state index contributed by atoms with van der Waals surface area (Å²) in [7, 11) is 0. The Balaban J connectivity index is 2.28. The number of carboxylic acid groups (broad SMARTS) is 2. The molecule has 0 saturated carbocycles. The van der Waals surface area contributed by atoms with E-state index in [9.17, 15) is 34.2 Å². The molecular formula is C25H32N6O7S4. The van der Waals surface area contributed by atoms with Crippen molar-refractivity contribution in [3.05, 3.63) is 36.2 Å². The molecule has 0 saturated heterocycles. The van der Waals surface area contributed by atoms with Crippen molar-refractivity contribution in [2.75, 3.05) is 24.0 Å². The van der Waals surface area contributed by atoms with Gasteiger partial charge in [-0.05, 0) is 12.5 Å². The number of amides is 2. The van der Waals surface area contributed by atoms with E-state index in [-0.39, 0.29) is 30.1 Å². The molecule has 0 aliphatic carbocycles. The molecule has 13 nitrogen and oxygen atoms in total. The normalized spacial score (nSPS) is 13.8. The first-order valence-corrected chi connectivity index (χ1v) is 16.9. The lowest BCUT2D eigenvalue weighted by molar-refractivity contribution is -0.141. The van der Waals surface area contributed by atoms with Crippen molar-refractivity contribution in [3.63, 3.8) is 0 Å². The highest BCUT2D eigenvalue weighted by atomic mass is 32.2. The summed E-state index contributed by atoms with van der Waals surface area (Å²) in [5, 5.41) is 24.0. The number of carbonyl (C=O) groups is 5. The first-order chi connectivity index (χ1) is 19.9. The van der Waals surface area contributed by atoms with Crippen molar-refractivity contribution in [1.82, 2.24) is 30.6 Å². The van der Waals surface area contributed by atoms with Crippen LogP contribution in [0.1, 0.15) is 48.6 Å². The van der Waals surface area contributed by atoms with Gasteiger partial charge in [-0.2, -0.15) is 0 Å². The molecule has 2 heterocycles. The quantitative estimate of drug-likeness (QED) is 0.170. The van der Waals surface area contributed by atoms with Crippen LogP contribution in [-0.4, -0.2) is 95.8 Å². The summed E-state index contributed by atoms with van der Waals surface area (Å²) in [6, 6.07) is -2.34. The summed E-state index contributed by atoms with van der Waals surface area (Å²) in [5.74, 6) is -3.65. The zero-order chi connectivity index (χ0) is 31.2. The summed E-state index contributed by atoms with van der Waals surface area (Å²) in [6.07, 6.45) is 9.82. The maximum Gasteiger partial charge on any atom is 0.327 e. The molecule has 0 fully saturated rings. The van der Waals surface area contributed by atoms with Crippen molar-refractivity contribution in [2.24, 2.45) is 0 Å². The van der Waals surface area contributed by atoms with Gasteiger partial charge in [0.1, 0.15) is 27.9 Å². The number of thioether (sulfide) groups is 4. The van der Waals surface area contributed by atoms with Crippen molar-refractivity contribution < 1.29 is 34.2 Å². The van der Waals surface area contributed by atoms with E-state index in [0.29, 0.717) is 21.4 Å². The molecule has 17 heteroatoms. The number of carboxylic acids is 2. The van der Waals surface area contributed by atoms with Gasteiger partial charge in [-0.25, -0.2) is 19.6 Å². The van der Waals surface area contributed by atoms with Crippen LogP contribution in [0.15, 0.2) is 34.8 Å². The van der Waals surface area contributed by atoms with Crippen LogP contribution in [0.25, 0.3) is 0 Å². The van der Waals surface area contributed by atoms with Crippen molar-refractivity contribution >= 4 is 76.6 Å². The Morgan fingerprint density at radius 2 is 1.07 bits per heavy atom. The Hall–Kier alpha value is -2.89. The molecule has 0 radical (unpaired) electrons. The largest absolute Gasteiger partial charge is 0.480 e. The third-order valence-electron chi connectivity index (χ3n) is 5.48. The van der Waals surface area contributed by atoms with Crippen molar-refractivity contribution in [2.45, 2.75) is 59.3 Å². The van der Waals surface area contributed by atoms with E-state index in [1.165, 1.54) is 49.8 Å². The van der Waals surface area contributed by atoms with Crippen LogP contribution in [0.3, 0.4) is 0 Å². The highest BCUT2D eigenvalue weighted by Crippen LogP contribution is 2.36. The average molecular weight is 657 g/mol. The van der Waals surface area contributed by atoms with E-state index in [1.54, 1.807) is 12.4 Å². The molecule has 0 aliphatic heterocycles. The summed E-state index contributed by atoms with van der Waals surface area (Å²) >= 11 is 5.12. The highest BCUT2D eigenvalue weighted by molar-refractivity contribution is 8.00. The lowest BCUT2D eigenvalue weighted by atomic mass is 10.1. The second kappa shape index (κ2) is 17.9.